The van der Waals surface area contributed by atoms with Crippen LogP contribution in [0.3, 0.4) is 0 Å². The van der Waals surface area contributed by atoms with E-state index in [1.165, 1.54) is 64.3 Å². The number of aryl methyl sites for hydroxylation is 2. The van der Waals surface area contributed by atoms with Crippen LogP contribution in [0.15, 0.2) is 48.5 Å². The van der Waals surface area contributed by atoms with Gasteiger partial charge in [-0.05, 0) is 92.5 Å². The van der Waals surface area contributed by atoms with Gasteiger partial charge in [-0.1, -0.05) is 42.5 Å². The minimum absolute atomic E-state index is 0.225. The van der Waals surface area contributed by atoms with Gasteiger partial charge in [0, 0.05) is 5.56 Å². The molecule has 0 aromatic heterocycles. The summed E-state index contributed by atoms with van der Waals surface area (Å²) in [7, 11) is 0. The van der Waals surface area contributed by atoms with Gasteiger partial charge in [-0.2, -0.15) is 0 Å². The van der Waals surface area contributed by atoms with Crippen molar-refractivity contribution in [1.29, 1.82) is 0 Å². The molecular weight excluding hydrogens is 316 g/mol. The largest absolute Gasteiger partial charge is 0.487 e. The lowest BCUT2D eigenvalue weighted by atomic mass is 9.83. The number of ether oxygens (including phenoxy) is 1. The summed E-state index contributed by atoms with van der Waals surface area (Å²) in [6.07, 6.45) is 4.95. The molecule has 1 aliphatic carbocycles. The Kier molecular flexibility index (Phi) is 4.26. The Morgan fingerprint density at radius 3 is 2.46 bits per heavy atom. The minimum Gasteiger partial charge on any atom is -0.487 e. The van der Waals surface area contributed by atoms with E-state index in [1.807, 2.05) is 0 Å². The second kappa shape index (κ2) is 6.46. The summed E-state index contributed by atoms with van der Waals surface area (Å²) in [5, 5.41) is 2.57. The zero-order valence-corrected chi connectivity index (χ0v) is 16.4. The van der Waals surface area contributed by atoms with Gasteiger partial charge in [0.2, 0.25) is 0 Å². The van der Waals surface area contributed by atoms with Gasteiger partial charge in [0.25, 0.3) is 0 Å². The highest BCUT2D eigenvalue weighted by Gasteiger charge is 2.23. The lowest BCUT2D eigenvalue weighted by Gasteiger charge is -2.28. The van der Waals surface area contributed by atoms with Crippen LogP contribution < -0.4 is 4.74 Å². The summed E-state index contributed by atoms with van der Waals surface area (Å²) in [5.74, 6) is 1.04. The summed E-state index contributed by atoms with van der Waals surface area (Å²) in [5.41, 5.74) is 6.66. The molecule has 0 radical (unpaired) electrons. The smallest absolute Gasteiger partial charge is 0.131 e. The highest BCUT2D eigenvalue weighted by molar-refractivity contribution is 6.01. The number of hydrogen-bond donors (Lipinski definition) is 0. The van der Waals surface area contributed by atoms with Crippen LogP contribution in [0.5, 0.6) is 5.75 Å². The Morgan fingerprint density at radius 1 is 0.885 bits per heavy atom. The molecule has 0 spiro atoms. The number of benzene rings is 3. The molecule has 1 heteroatoms. The molecule has 134 valence electrons. The van der Waals surface area contributed by atoms with Gasteiger partial charge in [0.05, 0.1) is 0 Å². The van der Waals surface area contributed by atoms with Crippen LogP contribution in [0.2, 0.25) is 0 Å². The highest BCUT2D eigenvalue weighted by atomic mass is 16.5. The monoisotopic (exact) mass is 344 g/mol. The fourth-order valence-electron chi connectivity index (χ4n) is 4.19. The fraction of sp³-hybridized carbons (Fsp3) is 0.360. The van der Waals surface area contributed by atoms with E-state index in [9.17, 15) is 0 Å². The summed E-state index contributed by atoms with van der Waals surface area (Å²) < 4.78 is 6.52. The fourth-order valence-corrected chi connectivity index (χ4v) is 4.19. The quantitative estimate of drug-likeness (QED) is 0.493. The van der Waals surface area contributed by atoms with Crippen molar-refractivity contribution < 1.29 is 4.74 Å². The first kappa shape index (κ1) is 17.1. The first-order valence-electron chi connectivity index (χ1n) is 9.76. The molecule has 0 saturated carbocycles. The molecule has 0 atom stereocenters. The molecule has 0 saturated heterocycles. The summed E-state index contributed by atoms with van der Waals surface area (Å²) >= 11 is 0. The van der Waals surface area contributed by atoms with Gasteiger partial charge < -0.3 is 4.74 Å². The van der Waals surface area contributed by atoms with Crippen molar-refractivity contribution in [2.24, 2.45) is 0 Å². The Balaban J connectivity index is 2.06. The van der Waals surface area contributed by atoms with E-state index in [0.717, 1.165) is 5.75 Å². The predicted molar refractivity (Wildman–Crippen MR) is 111 cm³/mol. The van der Waals surface area contributed by atoms with Crippen LogP contribution in [-0.2, 0) is 12.8 Å². The van der Waals surface area contributed by atoms with Crippen LogP contribution in [0.25, 0.3) is 21.9 Å². The Hall–Kier alpha value is -2.28. The lowest BCUT2D eigenvalue weighted by Crippen LogP contribution is -2.24. The number of fused-ring (bicyclic) bond motifs is 2. The van der Waals surface area contributed by atoms with Crippen molar-refractivity contribution in [3.63, 3.8) is 0 Å². The van der Waals surface area contributed by atoms with Gasteiger partial charge in [-0.15, -0.1) is 0 Å². The highest BCUT2D eigenvalue weighted by Crippen LogP contribution is 2.44. The average Bonchev–Trinajstić information content (AvgIpc) is 2.61. The van der Waals surface area contributed by atoms with E-state index in [1.54, 1.807) is 0 Å². The van der Waals surface area contributed by atoms with Gasteiger partial charge in [-0.25, -0.2) is 0 Å². The molecule has 3 aromatic carbocycles. The zero-order chi connectivity index (χ0) is 18.3. The molecule has 0 N–H and O–H groups in total. The van der Waals surface area contributed by atoms with Crippen molar-refractivity contribution in [3.8, 4) is 16.9 Å². The third-order valence-corrected chi connectivity index (χ3v) is 5.26. The molecule has 0 unspecified atom stereocenters. The minimum atomic E-state index is -0.225. The van der Waals surface area contributed by atoms with Gasteiger partial charge in [0.15, 0.2) is 0 Å². The molecule has 26 heavy (non-hydrogen) atoms. The molecule has 0 bridgehead atoms. The molecule has 0 amide bonds. The predicted octanol–water partition coefficient (Wildman–Crippen LogP) is 6.87. The van der Waals surface area contributed by atoms with Gasteiger partial charge in [0.1, 0.15) is 11.4 Å². The van der Waals surface area contributed by atoms with Crippen LogP contribution >= 0.6 is 0 Å². The van der Waals surface area contributed by atoms with Gasteiger partial charge >= 0.3 is 0 Å². The molecular formula is C25H28O. The summed E-state index contributed by atoms with van der Waals surface area (Å²) in [6.45, 7) is 8.57. The maximum atomic E-state index is 6.52. The third kappa shape index (κ3) is 3.11. The standard InChI is InChI=1S/C25H28O/c1-17-16-19-11-6-8-14-21(19)23(24(17)26-25(2,3)4)22-15-9-12-18-10-5-7-13-20(18)22/h6,8-9,11-12,14-16H,5,7,10,13H2,1-4H3. The van der Waals surface area contributed by atoms with Crippen molar-refractivity contribution in [3.05, 3.63) is 65.2 Å². The second-order valence-corrected chi connectivity index (χ2v) is 8.48. The Labute approximate surface area is 157 Å². The molecule has 1 nitrogen and oxygen atoms in total. The third-order valence-electron chi connectivity index (χ3n) is 5.26. The topological polar surface area (TPSA) is 9.23 Å². The van der Waals surface area contributed by atoms with Crippen LogP contribution in [0.4, 0.5) is 0 Å². The first-order chi connectivity index (χ1) is 12.4. The van der Waals surface area contributed by atoms with E-state index in [-0.39, 0.29) is 5.60 Å². The maximum absolute atomic E-state index is 6.52. The summed E-state index contributed by atoms with van der Waals surface area (Å²) in [4.78, 5) is 0. The molecule has 3 aromatic rings. The van der Waals surface area contributed by atoms with Crippen molar-refractivity contribution in [2.75, 3.05) is 0 Å². The van der Waals surface area contributed by atoms with Crippen LogP contribution in [0, 0.1) is 6.92 Å². The molecule has 0 aliphatic heterocycles. The summed E-state index contributed by atoms with van der Waals surface area (Å²) in [6, 6.07) is 17.8. The lowest BCUT2D eigenvalue weighted by molar-refractivity contribution is 0.131. The van der Waals surface area contributed by atoms with E-state index in [2.05, 4.69) is 76.2 Å². The zero-order valence-electron chi connectivity index (χ0n) is 16.4. The Bertz CT molecular complexity index is 960. The van der Waals surface area contributed by atoms with Crippen molar-refractivity contribution >= 4 is 10.8 Å². The van der Waals surface area contributed by atoms with Gasteiger partial charge in [-0.3, -0.25) is 0 Å². The van der Waals surface area contributed by atoms with E-state index in [4.69, 9.17) is 4.74 Å². The normalized spacial score (nSPS) is 14.3. The molecule has 1 aliphatic rings. The van der Waals surface area contributed by atoms with E-state index < -0.39 is 0 Å². The van der Waals surface area contributed by atoms with Crippen LogP contribution in [0.1, 0.15) is 50.3 Å². The molecule has 0 heterocycles. The first-order valence-corrected chi connectivity index (χ1v) is 9.76. The average molecular weight is 344 g/mol. The number of rotatable bonds is 2. The SMILES string of the molecule is Cc1cc2ccccc2c(-c2cccc3c2CCCC3)c1OC(C)(C)C. The van der Waals surface area contributed by atoms with E-state index in [0.29, 0.717) is 0 Å². The second-order valence-electron chi connectivity index (χ2n) is 8.48. The van der Waals surface area contributed by atoms with Crippen LogP contribution in [-0.4, -0.2) is 5.60 Å². The van der Waals surface area contributed by atoms with Crippen molar-refractivity contribution in [1.82, 2.24) is 0 Å². The molecule has 4 rings (SSSR count). The van der Waals surface area contributed by atoms with Crippen molar-refractivity contribution in [2.45, 2.75) is 59.0 Å². The Morgan fingerprint density at radius 2 is 1.65 bits per heavy atom. The maximum Gasteiger partial charge on any atom is 0.131 e. The molecule has 0 fully saturated rings. The van der Waals surface area contributed by atoms with E-state index >= 15 is 0 Å². The number of hydrogen-bond acceptors (Lipinski definition) is 1.